The number of benzene rings is 10. The van der Waals surface area contributed by atoms with Crippen LogP contribution in [0.1, 0.15) is 242 Å². The first-order valence-corrected chi connectivity index (χ1v) is 48.8. The number of hydrogen-bond acceptors (Lipinski definition) is 14. The van der Waals surface area contributed by atoms with Gasteiger partial charge in [0.1, 0.15) is 62.8 Å². The highest BCUT2D eigenvalue weighted by Crippen LogP contribution is 2.49. The number of rotatable bonds is 48. The van der Waals surface area contributed by atoms with E-state index in [0.29, 0.717) is 177 Å². The molecule has 4 N–H and O–H groups in total. The molecule has 10 aromatic carbocycles. The fourth-order valence-corrected chi connectivity index (χ4v) is 17.2. The summed E-state index contributed by atoms with van der Waals surface area (Å²) < 4.78 is 60.7. The average molecular weight is 1720 g/mol. The van der Waals surface area contributed by atoms with Gasteiger partial charge in [-0.2, -0.15) is 0 Å². The molecule has 0 unspecified atom stereocenters. The van der Waals surface area contributed by atoms with E-state index >= 15 is 0 Å². The third-order valence-electron chi connectivity index (χ3n) is 23.9. The summed E-state index contributed by atoms with van der Waals surface area (Å²) in [7, 11) is -3.98. The first kappa shape index (κ1) is 90.1. The van der Waals surface area contributed by atoms with Gasteiger partial charge in [0.2, 0.25) is 0 Å². The fraction of sp³-hybridized carbons (Fsp3) is 0.370. The predicted octanol–water partition coefficient (Wildman–Crippen LogP) is 30.7. The first-order valence-electron chi connectivity index (χ1n) is 47.0. The Labute approximate surface area is 748 Å². The molecule has 15 rings (SSSR count). The first-order chi connectivity index (χ1) is 62.2. The maximum absolute atomic E-state index is 11.5. The van der Waals surface area contributed by atoms with Crippen molar-refractivity contribution in [1.29, 1.82) is 0 Å². The van der Waals surface area contributed by atoms with Gasteiger partial charge in [-0.1, -0.05) is 230 Å². The summed E-state index contributed by atoms with van der Waals surface area (Å²) >= 11 is 0. The predicted molar refractivity (Wildman–Crippen MR) is 514 cm³/mol. The summed E-state index contributed by atoms with van der Waals surface area (Å²) in [6.07, 6.45) is 33.3. The van der Waals surface area contributed by atoms with Gasteiger partial charge in [0.25, 0.3) is 0 Å². The smallest absolute Gasteiger partial charge is 0.325 e. The van der Waals surface area contributed by atoms with E-state index in [1.54, 1.807) is 0 Å². The van der Waals surface area contributed by atoms with Crippen molar-refractivity contribution in [2.24, 2.45) is 0 Å². The topological polar surface area (TPSA) is 231 Å². The van der Waals surface area contributed by atoms with E-state index in [0.717, 1.165) is 199 Å². The van der Waals surface area contributed by atoms with Crippen LogP contribution < -0.4 is 33.2 Å². The molecule has 0 amide bonds. The largest absolute Gasteiger partial charge is 0.494 e. The molecule has 0 atom stereocenters. The lowest BCUT2D eigenvalue weighted by Crippen LogP contribution is -1.97. The highest BCUT2D eigenvalue weighted by Gasteiger charge is 2.29. The molecular formula is C108H123N8O10P. The molecule has 13 aromatic rings. The van der Waals surface area contributed by atoms with Crippen molar-refractivity contribution in [3.05, 3.63) is 234 Å². The summed E-state index contributed by atoms with van der Waals surface area (Å²) in [5.41, 5.74) is 11.8. The van der Waals surface area contributed by atoms with Crippen LogP contribution in [-0.4, -0.2) is 62.4 Å². The van der Waals surface area contributed by atoms with Crippen molar-refractivity contribution in [3.63, 3.8) is 0 Å². The zero-order chi connectivity index (χ0) is 87.7. The molecule has 2 aliphatic rings. The lowest BCUT2D eigenvalue weighted by Gasteiger charge is -2.15. The van der Waals surface area contributed by atoms with Crippen LogP contribution in [0.25, 0.3) is 89.7 Å². The maximum Gasteiger partial charge on any atom is 0.325 e. The van der Waals surface area contributed by atoms with E-state index in [9.17, 15) is 14.4 Å². The minimum atomic E-state index is -3.98. The number of aromatic amines is 2. The Hall–Kier alpha value is -11.7. The molecule has 660 valence electrons. The average Bonchev–Trinajstić information content (AvgIpc) is 1.59. The molecule has 0 saturated carbocycles. The second kappa shape index (κ2) is 44.6. The van der Waals surface area contributed by atoms with Crippen molar-refractivity contribution < 1.29 is 47.5 Å². The summed E-state index contributed by atoms with van der Waals surface area (Å²) in [5.74, 6) is 8.54. The van der Waals surface area contributed by atoms with Gasteiger partial charge in [-0.3, -0.25) is 4.57 Å². The van der Waals surface area contributed by atoms with Gasteiger partial charge in [0, 0.05) is 50.0 Å². The number of nitrogens with zero attached hydrogens (tertiary/aromatic N) is 6. The molecule has 18 nitrogen and oxygen atoms in total. The Bertz CT molecular complexity index is 6030. The summed E-state index contributed by atoms with van der Waals surface area (Å²) in [5, 5.41) is 2.63. The SMILES string of the molecule is CCCCCc1ccc(Oc2cc3c(cc2Oc2ccc(CCCCC)cc2)-c2nc-3nc3[nH]c(nc4nc(nc5[nH]c(n2)c2cc(Oc6ccc(CCCCC)cc6)c(Oc6ccc(CCCCC)cc6)cc52)-c2cc(OCCCCCCCCCCP(=O)(O)O)ccc2-4)c2cc(Oc4ccc(CCCCC)cc4)c(Oc4ccc(CCCCC)cc4)cc32)cc1. The van der Waals surface area contributed by atoms with Gasteiger partial charge >= 0.3 is 7.60 Å². The molecule has 3 aromatic heterocycles. The lowest BCUT2D eigenvalue weighted by molar-refractivity contribution is 0.304. The van der Waals surface area contributed by atoms with Gasteiger partial charge in [0.05, 0.1) is 6.61 Å². The second-order valence-corrected chi connectivity index (χ2v) is 35.9. The van der Waals surface area contributed by atoms with Crippen LogP contribution in [0.15, 0.2) is 200 Å². The van der Waals surface area contributed by atoms with Crippen molar-refractivity contribution in [2.75, 3.05) is 12.8 Å². The van der Waals surface area contributed by atoms with Crippen LogP contribution in [0.2, 0.25) is 0 Å². The zero-order valence-electron chi connectivity index (χ0n) is 74.9. The van der Waals surface area contributed by atoms with Gasteiger partial charge in [-0.25, -0.2) is 29.9 Å². The van der Waals surface area contributed by atoms with E-state index in [2.05, 4.69) is 124 Å². The van der Waals surface area contributed by atoms with Gasteiger partial charge in [-0.15, -0.1) is 0 Å². The van der Waals surface area contributed by atoms with Crippen molar-refractivity contribution in [2.45, 2.75) is 247 Å². The molecule has 0 aliphatic carbocycles. The third-order valence-corrected chi connectivity index (χ3v) is 24.8. The standard InChI is InChI=1S/C108H123N8O10P/c1-7-13-25-33-74-39-51-80(52-40-74)121-95-68-89-90(69-96(95)122-81-53-41-75(42-54-81)34-26-14-8-2)105-112-103(89)110-101-87-64-63-86(120-65-31-23-21-19-20-22-24-32-66-127(117,118)119)67-88(87)102(109-101)111-104-91-70-97(123-82-55-43-76(44-56-82)35-27-15-9-3)98(124-83-57-45-77(46-58-83)36-28-16-10-4)71-92(91)106(113-104)115-108-94-73-100(126-85-61-49-79(50-62-85)38-30-18-12-6)99(72-93(94)107(114-105)116-108)125-84-59-47-78(48-60-84)37-29-17-11-5/h39-64,67-73H,7-38,65-66H2,1-6H3,(H2,117,118,119)(H2,109,110,111,112,113,114,115,116). The zero-order valence-corrected chi connectivity index (χ0v) is 75.8. The Morgan fingerprint density at radius 1 is 0.252 bits per heavy atom. The number of ether oxygens (including phenoxy) is 7. The molecule has 8 bridgehead atoms. The van der Waals surface area contributed by atoms with Crippen LogP contribution >= 0.6 is 7.60 Å². The minimum absolute atomic E-state index is 0.0610. The van der Waals surface area contributed by atoms with E-state index in [-0.39, 0.29) is 6.16 Å². The van der Waals surface area contributed by atoms with Gasteiger partial charge in [-0.05, 0) is 251 Å². The molecule has 0 spiro atoms. The number of aromatic nitrogens is 8. The quantitative estimate of drug-likeness (QED) is 0.0205. The number of fused-ring (bicyclic) bond motifs is 20. The van der Waals surface area contributed by atoms with Gasteiger partial charge < -0.3 is 52.9 Å². The molecule has 2 aliphatic heterocycles. The summed E-state index contributed by atoms with van der Waals surface area (Å²) in [6.45, 7) is 13.9. The molecule has 0 radical (unpaired) electrons. The highest BCUT2D eigenvalue weighted by atomic mass is 31.2. The maximum atomic E-state index is 11.5. The van der Waals surface area contributed by atoms with Crippen molar-refractivity contribution in [1.82, 2.24) is 39.9 Å². The van der Waals surface area contributed by atoms with Gasteiger partial charge in [0.15, 0.2) is 57.8 Å². The number of unbranched alkanes of at least 4 members (excludes halogenated alkanes) is 19. The number of nitrogens with one attached hydrogen (secondary N) is 2. The van der Waals surface area contributed by atoms with Crippen LogP contribution in [0, 0.1) is 0 Å². The lowest BCUT2D eigenvalue weighted by atomic mass is 10.1. The summed E-state index contributed by atoms with van der Waals surface area (Å²) in [4.78, 5) is 59.9. The molecule has 0 saturated heterocycles. The van der Waals surface area contributed by atoms with E-state index in [1.807, 2.05) is 127 Å². The third kappa shape index (κ3) is 24.6. The Morgan fingerprint density at radius 3 is 0.756 bits per heavy atom. The van der Waals surface area contributed by atoms with Crippen LogP contribution in [0.5, 0.6) is 74.7 Å². The number of hydrogen-bond donors (Lipinski definition) is 4. The molecule has 5 heterocycles. The molecule has 0 fully saturated rings. The number of H-pyrrole nitrogens is 2. The van der Waals surface area contributed by atoms with Crippen LogP contribution in [-0.2, 0) is 43.1 Å². The molecule has 19 heteroatoms. The highest BCUT2D eigenvalue weighted by molar-refractivity contribution is 7.51. The Kier molecular flexibility index (Phi) is 31.7. The normalized spacial score (nSPS) is 11.8. The van der Waals surface area contributed by atoms with Crippen LogP contribution in [0.4, 0.5) is 0 Å². The van der Waals surface area contributed by atoms with E-state index in [4.69, 9.17) is 63.1 Å². The van der Waals surface area contributed by atoms with Crippen molar-refractivity contribution >= 4 is 51.7 Å². The van der Waals surface area contributed by atoms with E-state index < -0.39 is 7.60 Å². The Morgan fingerprint density at radius 2 is 0.488 bits per heavy atom. The monoisotopic (exact) mass is 1720 g/mol. The second-order valence-electron chi connectivity index (χ2n) is 34.1. The minimum Gasteiger partial charge on any atom is -0.494 e. The number of aryl methyl sites for hydroxylation is 6. The molecule has 127 heavy (non-hydrogen) atoms. The van der Waals surface area contributed by atoms with E-state index in [1.165, 1.54) is 33.4 Å². The Balaban J connectivity index is 0.953. The molecular weight excluding hydrogens is 1600 g/mol. The fourth-order valence-electron chi connectivity index (χ4n) is 16.6. The van der Waals surface area contributed by atoms with Crippen LogP contribution in [0.3, 0.4) is 0 Å². The van der Waals surface area contributed by atoms with Crippen molar-refractivity contribution in [3.8, 4) is 120 Å². The summed E-state index contributed by atoms with van der Waals surface area (Å²) in [6, 6.07) is 68.0.